The Morgan fingerprint density at radius 2 is 1.86 bits per heavy atom. The van der Waals surface area contributed by atoms with Gasteiger partial charge in [0.1, 0.15) is 12.4 Å². The van der Waals surface area contributed by atoms with Gasteiger partial charge in [-0.3, -0.25) is 9.59 Å². The number of benzene rings is 2. The van der Waals surface area contributed by atoms with Gasteiger partial charge < -0.3 is 19.7 Å². The van der Waals surface area contributed by atoms with Crippen molar-refractivity contribution >= 4 is 33.4 Å². The van der Waals surface area contributed by atoms with Crippen molar-refractivity contribution in [2.24, 2.45) is 0 Å². The van der Waals surface area contributed by atoms with Gasteiger partial charge in [0.25, 0.3) is 11.8 Å². The van der Waals surface area contributed by atoms with Gasteiger partial charge in [0.2, 0.25) is 0 Å². The number of piperidine rings is 1. The molecule has 6 nitrogen and oxygen atoms in total. The van der Waals surface area contributed by atoms with E-state index in [1.807, 2.05) is 11.0 Å². The first-order chi connectivity index (χ1) is 14.1. The number of carbonyl (C=O) groups excluding carboxylic acids is 2. The van der Waals surface area contributed by atoms with Crippen LogP contribution >= 0.6 is 15.9 Å². The maximum absolute atomic E-state index is 12.9. The average Bonchev–Trinajstić information content (AvgIpc) is 2.75. The molecular formula is C22H25BrN2O4. The van der Waals surface area contributed by atoms with Crippen LogP contribution in [0.2, 0.25) is 0 Å². The van der Waals surface area contributed by atoms with Crippen molar-refractivity contribution in [3.05, 3.63) is 58.1 Å². The zero-order valence-corrected chi connectivity index (χ0v) is 18.0. The average molecular weight is 461 g/mol. The number of likely N-dealkylation sites (tertiary alicyclic amines) is 1. The maximum atomic E-state index is 12.9. The van der Waals surface area contributed by atoms with Gasteiger partial charge in [-0.1, -0.05) is 22.0 Å². The highest BCUT2D eigenvalue weighted by atomic mass is 79.9. The summed E-state index contributed by atoms with van der Waals surface area (Å²) in [4.78, 5) is 27.5. The molecule has 1 fully saturated rings. The number of nitrogens with zero attached hydrogens (tertiary/aromatic N) is 1. The Morgan fingerprint density at radius 1 is 1.07 bits per heavy atom. The van der Waals surface area contributed by atoms with Gasteiger partial charge in [0.15, 0.2) is 0 Å². The Kier molecular flexibility index (Phi) is 7.66. The molecule has 0 radical (unpaired) electrons. The first-order valence-corrected chi connectivity index (χ1v) is 10.5. The van der Waals surface area contributed by atoms with E-state index in [0.717, 1.165) is 30.4 Å². The summed E-state index contributed by atoms with van der Waals surface area (Å²) in [5.41, 5.74) is 1.56. The summed E-state index contributed by atoms with van der Waals surface area (Å²) < 4.78 is 11.4. The molecule has 2 aromatic carbocycles. The maximum Gasteiger partial charge on any atom is 0.259 e. The highest BCUT2D eigenvalue weighted by molar-refractivity contribution is 9.10. The summed E-state index contributed by atoms with van der Waals surface area (Å²) in [7, 11) is 1.59. The molecule has 0 aromatic heterocycles. The predicted molar refractivity (Wildman–Crippen MR) is 116 cm³/mol. The van der Waals surface area contributed by atoms with Crippen molar-refractivity contribution in [2.75, 3.05) is 38.7 Å². The Hall–Kier alpha value is -2.38. The molecular weight excluding hydrogens is 436 g/mol. The van der Waals surface area contributed by atoms with Crippen LogP contribution < -0.4 is 10.1 Å². The van der Waals surface area contributed by atoms with Crippen molar-refractivity contribution < 1.29 is 19.1 Å². The molecule has 1 aliphatic heterocycles. The smallest absolute Gasteiger partial charge is 0.259 e. The van der Waals surface area contributed by atoms with Gasteiger partial charge in [0.05, 0.1) is 12.2 Å². The molecule has 29 heavy (non-hydrogen) atoms. The first kappa shape index (κ1) is 21.3. The summed E-state index contributed by atoms with van der Waals surface area (Å²) >= 11 is 3.40. The fourth-order valence-electron chi connectivity index (χ4n) is 3.25. The van der Waals surface area contributed by atoms with Gasteiger partial charge in [-0.05, 0) is 55.7 Å². The lowest BCUT2D eigenvalue weighted by atomic mass is 10.1. The van der Waals surface area contributed by atoms with Crippen LogP contribution in [-0.4, -0.2) is 50.1 Å². The quantitative estimate of drug-likeness (QED) is 0.623. The second-order valence-corrected chi connectivity index (χ2v) is 7.79. The van der Waals surface area contributed by atoms with Gasteiger partial charge in [-0.25, -0.2) is 0 Å². The van der Waals surface area contributed by atoms with Crippen molar-refractivity contribution in [1.82, 2.24) is 4.90 Å². The zero-order chi connectivity index (χ0) is 20.6. The van der Waals surface area contributed by atoms with E-state index in [-0.39, 0.29) is 11.8 Å². The number of anilines is 1. The SMILES string of the molecule is COCCOc1ccc(Br)cc1C(=O)Nc1cccc(C(=O)N2CCCCC2)c1. The molecule has 0 aliphatic carbocycles. The Morgan fingerprint density at radius 3 is 2.62 bits per heavy atom. The number of carbonyl (C=O) groups is 2. The van der Waals surface area contributed by atoms with Gasteiger partial charge in [0, 0.05) is 35.9 Å². The van der Waals surface area contributed by atoms with Crippen molar-refractivity contribution in [3.63, 3.8) is 0 Å². The molecule has 0 spiro atoms. The van der Waals surface area contributed by atoms with Crippen LogP contribution in [0.3, 0.4) is 0 Å². The van der Waals surface area contributed by atoms with Crippen LogP contribution in [0.25, 0.3) is 0 Å². The summed E-state index contributed by atoms with van der Waals surface area (Å²) in [6.45, 7) is 2.35. The molecule has 0 unspecified atom stereocenters. The molecule has 0 atom stereocenters. The highest BCUT2D eigenvalue weighted by Gasteiger charge is 2.19. The van der Waals surface area contributed by atoms with Crippen LogP contribution in [0.1, 0.15) is 40.0 Å². The summed E-state index contributed by atoms with van der Waals surface area (Å²) in [5.74, 6) is 0.177. The molecule has 7 heteroatoms. The van der Waals surface area contributed by atoms with Crippen molar-refractivity contribution in [1.29, 1.82) is 0 Å². The lowest BCUT2D eigenvalue weighted by Crippen LogP contribution is -2.35. The van der Waals surface area contributed by atoms with Gasteiger partial charge in [-0.15, -0.1) is 0 Å². The molecule has 2 amide bonds. The molecule has 3 rings (SSSR count). The Bertz CT molecular complexity index is 866. The van der Waals surface area contributed by atoms with E-state index in [4.69, 9.17) is 9.47 Å². The van der Waals surface area contributed by atoms with Gasteiger partial charge >= 0.3 is 0 Å². The molecule has 154 valence electrons. The van der Waals surface area contributed by atoms with Crippen LogP contribution in [0, 0.1) is 0 Å². The number of hydrogen-bond donors (Lipinski definition) is 1. The molecule has 0 saturated carbocycles. The van der Waals surface area contributed by atoms with E-state index in [1.54, 1.807) is 43.5 Å². The fraction of sp³-hybridized carbons (Fsp3) is 0.364. The number of halogens is 1. The second-order valence-electron chi connectivity index (χ2n) is 6.87. The van der Waals surface area contributed by atoms with Gasteiger partial charge in [-0.2, -0.15) is 0 Å². The number of amides is 2. The third-order valence-electron chi connectivity index (χ3n) is 4.74. The van der Waals surface area contributed by atoms with E-state index in [2.05, 4.69) is 21.2 Å². The summed E-state index contributed by atoms with van der Waals surface area (Å²) in [6.07, 6.45) is 3.25. The minimum Gasteiger partial charge on any atom is -0.490 e. The largest absolute Gasteiger partial charge is 0.490 e. The summed E-state index contributed by atoms with van der Waals surface area (Å²) in [6, 6.07) is 12.3. The second kappa shape index (κ2) is 10.4. The number of rotatable bonds is 7. The third-order valence-corrected chi connectivity index (χ3v) is 5.24. The normalized spacial score (nSPS) is 13.8. The molecule has 1 saturated heterocycles. The van der Waals surface area contributed by atoms with E-state index in [1.165, 1.54) is 6.42 Å². The van der Waals surface area contributed by atoms with Crippen LogP contribution in [-0.2, 0) is 4.74 Å². The van der Waals surface area contributed by atoms with E-state index >= 15 is 0 Å². The van der Waals surface area contributed by atoms with E-state index in [0.29, 0.717) is 35.8 Å². The van der Waals surface area contributed by atoms with Crippen molar-refractivity contribution in [3.8, 4) is 5.75 Å². The minimum atomic E-state index is -0.304. The number of nitrogens with one attached hydrogen (secondary N) is 1. The Balaban J connectivity index is 1.74. The lowest BCUT2D eigenvalue weighted by Gasteiger charge is -2.26. The molecule has 1 N–H and O–H groups in total. The third kappa shape index (κ3) is 5.81. The number of ether oxygens (including phenoxy) is 2. The van der Waals surface area contributed by atoms with E-state index in [9.17, 15) is 9.59 Å². The highest BCUT2D eigenvalue weighted by Crippen LogP contribution is 2.25. The minimum absolute atomic E-state index is 0.00634. The van der Waals surface area contributed by atoms with Crippen LogP contribution in [0.5, 0.6) is 5.75 Å². The summed E-state index contributed by atoms with van der Waals surface area (Å²) in [5, 5.41) is 2.87. The predicted octanol–water partition coefficient (Wildman–Crippen LogP) is 4.35. The lowest BCUT2D eigenvalue weighted by molar-refractivity contribution is 0.0724. The zero-order valence-electron chi connectivity index (χ0n) is 16.4. The van der Waals surface area contributed by atoms with E-state index < -0.39 is 0 Å². The van der Waals surface area contributed by atoms with Crippen LogP contribution in [0.4, 0.5) is 5.69 Å². The standard InChI is InChI=1S/C22H25BrN2O4/c1-28-12-13-29-20-9-8-17(23)15-19(20)21(26)24-18-7-5-6-16(14-18)22(27)25-10-3-2-4-11-25/h5-9,14-15H,2-4,10-13H2,1H3,(H,24,26). The molecule has 2 aromatic rings. The Labute approximate surface area is 179 Å². The first-order valence-electron chi connectivity index (χ1n) is 9.70. The molecule has 1 aliphatic rings. The fourth-order valence-corrected chi connectivity index (χ4v) is 3.61. The number of hydrogen-bond acceptors (Lipinski definition) is 4. The molecule has 1 heterocycles. The van der Waals surface area contributed by atoms with Crippen LogP contribution in [0.15, 0.2) is 46.9 Å². The molecule has 0 bridgehead atoms. The monoisotopic (exact) mass is 460 g/mol. The number of methoxy groups -OCH3 is 1. The topological polar surface area (TPSA) is 67.9 Å². The van der Waals surface area contributed by atoms with Crippen molar-refractivity contribution in [2.45, 2.75) is 19.3 Å².